The van der Waals surface area contributed by atoms with E-state index in [-0.39, 0.29) is 35.8 Å². The highest BCUT2D eigenvalue weighted by Crippen LogP contribution is 2.25. The SMILES string of the molecule is CCN1CC(=O)N(Cc2ccc(F)cc2Cl)[C@@H](CC(C)C)C1=O. The Labute approximate surface area is 141 Å². The predicted octanol–water partition coefficient (Wildman–Crippen LogP) is 3.08. The van der Waals surface area contributed by atoms with Crippen LogP contribution in [0.4, 0.5) is 4.39 Å². The summed E-state index contributed by atoms with van der Waals surface area (Å²) in [5.74, 6) is -0.271. The molecule has 0 spiro atoms. The summed E-state index contributed by atoms with van der Waals surface area (Å²) in [6, 6.07) is 3.61. The summed E-state index contributed by atoms with van der Waals surface area (Å²) in [7, 11) is 0. The minimum atomic E-state index is -0.489. The molecule has 0 unspecified atom stereocenters. The lowest BCUT2D eigenvalue weighted by atomic mass is 9.98. The number of piperazine rings is 1. The van der Waals surface area contributed by atoms with Gasteiger partial charge >= 0.3 is 0 Å². The Hall–Kier alpha value is -1.62. The molecular formula is C17H22ClFN2O2. The molecule has 1 aromatic carbocycles. The quantitative estimate of drug-likeness (QED) is 0.826. The largest absolute Gasteiger partial charge is 0.332 e. The molecule has 0 bridgehead atoms. The molecule has 2 rings (SSSR count). The number of benzene rings is 1. The molecule has 1 fully saturated rings. The van der Waals surface area contributed by atoms with E-state index < -0.39 is 11.9 Å². The van der Waals surface area contributed by atoms with E-state index in [1.165, 1.54) is 12.1 Å². The predicted molar refractivity (Wildman–Crippen MR) is 87.5 cm³/mol. The van der Waals surface area contributed by atoms with Gasteiger partial charge in [-0.2, -0.15) is 0 Å². The monoisotopic (exact) mass is 340 g/mol. The average Bonchev–Trinajstić information content (AvgIpc) is 2.48. The van der Waals surface area contributed by atoms with Gasteiger partial charge in [-0.05, 0) is 37.0 Å². The maximum atomic E-state index is 13.2. The normalized spacial score (nSPS) is 19.0. The molecule has 0 aliphatic carbocycles. The molecule has 1 aliphatic rings. The Bertz CT molecular complexity index is 606. The van der Waals surface area contributed by atoms with Gasteiger partial charge in [0.1, 0.15) is 11.9 Å². The zero-order valence-corrected chi connectivity index (χ0v) is 14.4. The minimum Gasteiger partial charge on any atom is -0.332 e. The van der Waals surface area contributed by atoms with Crippen molar-refractivity contribution in [3.8, 4) is 0 Å². The summed E-state index contributed by atoms with van der Waals surface area (Å²) in [6.07, 6.45) is 0.597. The smallest absolute Gasteiger partial charge is 0.245 e. The third-order valence-electron chi connectivity index (χ3n) is 4.05. The molecule has 1 aliphatic heterocycles. The van der Waals surface area contributed by atoms with Crippen molar-refractivity contribution >= 4 is 23.4 Å². The first kappa shape index (κ1) is 17.7. The molecule has 0 N–H and O–H groups in total. The van der Waals surface area contributed by atoms with Gasteiger partial charge in [0.05, 0.1) is 6.54 Å². The second-order valence-corrected chi connectivity index (χ2v) is 6.66. The van der Waals surface area contributed by atoms with E-state index in [1.807, 2.05) is 20.8 Å². The molecule has 1 heterocycles. The van der Waals surface area contributed by atoms with Crippen molar-refractivity contribution in [3.63, 3.8) is 0 Å². The fourth-order valence-electron chi connectivity index (χ4n) is 2.82. The number of hydrogen-bond donors (Lipinski definition) is 0. The van der Waals surface area contributed by atoms with Gasteiger partial charge in [-0.1, -0.05) is 31.5 Å². The van der Waals surface area contributed by atoms with Crippen molar-refractivity contribution < 1.29 is 14.0 Å². The van der Waals surface area contributed by atoms with Crippen LogP contribution >= 0.6 is 11.6 Å². The number of rotatable bonds is 5. The van der Waals surface area contributed by atoms with Crippen LogP contribution in [0, 0.1) is 11.7 Å². The second-order valence-electron chi connectivity index (χ2n) is 6.26. The van der Waals surface area contributed by atoms with E-state index >= 15 is 0 Å². The van der Waals surface area contributed by atoms with E-state index in [0.29, 0.717) is 18.5 Å². The van der Waals surface area contributed by atoms with Gasteiger partial charge in [0.2, 0.25) is 11.8 Å². The molecular weight excluding hydrogens is 319 g/mol. The van der Waals surface area contributed by atoms with Gasteiger partial charge in [0, 0.05) is 18.1 Å². The lowest BCUT2D eigenvalue weighted by molar-refractivity contribution is -0.157. The van der Waals surface area contributed by atoms with Crippen molar-refractivity contribution in [1.29, 1.82) is 0 Å². The molecule has 2 amide bonds. The number of amides is 2. The third-order valence-corrected chi connectivity index (χ3v) is 4.40. The highest BCUT2D eigenvalue weighted by atomic mass is 35.5. The Morgan fingerprint density at radius 3 is 2.61 bits per heavy atom. The lowest BCUT2D eigenvalue weighted by Crippen LogP contribution is -2.59. The number of halogens is 2. The molecule has 1 saturated heterocycles. The summed E-state index contributed by atoms with van der Waals surface area (Å²) >= 11 is 6.07. The van der Waals surface area contributed by atoms with Crippen LogP contribution in [0.25, 0.3) is 0 Å². The summed E-state index contributed by atoms with van der Waals surface area (Å²) in [5.41, 5.74) is 0.646. The van der Waals surface area contributed by atoms with E-state index in [4.69, 9.17) is 11.6 Å². The summed E-state index contributed by atoms with van der Waals surface area (Å²) < 4.78 is 13.2. The fraction of sp³-hybridized carbons (Fsp3) is 0.529. The Balaban J connectivity index is 2.28. The molecule has 0 saturated carbocycles. The molecule has 126 valence electrons. The van der Waals surface area contributed by atoms with Gasteiger partial charge < -0.3 is 9.80 Å². The van der Waals surface area contributed by atoms with Crippen LogP contribution in [0.5, 0.6) is 0 Å². The fourth-order valence-corrected chi connectivity index (χ4v) is 3.05. The van der Waals surface area contributed by atoms with Gasteiger partial charge in [0.25, 0.3) is 0 Å². The first-order valence-corrected chi connectivity index (χ1v) is 8.23. The van der Waals surface area contributed by atoms with E-state index in [9.17, 15) is 14.0 Å². The molecule has 1 atom stereocenters. The van der Waals surface area contributed by atoms with Crippen LogP contribution in [0.15, 0.2) is 18.2 Å². The summed E-state index contributed by atoms with van der Waals surface area (Å²) in [4.78, 5) is 28.3. The number of hydrogen-bond acceptors (Lipinski definition) is 2. The molecule has 0 radical (unpaired) electrons. The van der Waals surface area contributed by atoms with Crippen LogP contribution in [0.1, 0.15) is 32.8 Å². The van der Waals surface area contributed by atoms with Crippen LogP contribution in [0.3, 0.4) is 0 Å². The molecule has 0 aromatic heterocycles. The van der Waals surface area contributed by atoms with Crippen LogP contribution in [0.2, 0.25) is 5.02 Å². The molecule has 6 heteroatoms. The van der Waals surface area contributed by atoms with Crippen LogP contribution in [-0.4, -0.2) is 40.7 Å². The van der Waals surface area contributed by atoms with Crippen LogP contribution < -0.4 is 0 Å². The number of carbonyl (C=O) groups is 2. The number of likely N-dealkylation sites (N-methyl/N-ethyl adjacent to an activating group) is 1. The number of nitrogens with zero attached hydrogens (tertiary/aromatic N) is 2. The van der Waals surface area contributed by atoms with E-state index in [1.54, 1.807) is 15.9 Å². The Morgan fingerprint density at radius 2 is 2.04 bits per heavy atom. The lowest BCUT2D eigenvalue weighted by Gasteiger charge is -2.40. The maximum absolute atomic E-state index is 13.2. The van der Waals surface area contributed by atoms with Crippen molar-refractivity contribution in [1.82, 2.24) is 9.80 Å². The summed E-state index contributed by atoms with van der Waals surface area (Å²) in [6.45, 7) is 6.73. The van der Waals surface area contributed by atoms with Crippen molar-refractivity contribution in [2.24, 2.45) is 5.92 Å². The minimum absolute atomic E-state index is 0.0287. The zero-order chi connectivity index (χ0) is 17.1. The zero-order valence-electron chi connectivity index (χ0n) is 13.7. The van der Waals surface area contributed by atoms with Gasteiger partial charge in [-0.3, -0.25) is 9.59 Å². The van der Waals surface area contributed by atoms with Gasteiger partial charge in [-0.25, -0.2) is 4.39 Å². The van der Waals surface area contributed by atoms with E-state index in [0.717, 1.165) is 0 Å². The highest BCUT2D eigenvalue weighted by Gasteiger charge is 2.38. The van der Waals surface area contributed by atoms with Crippen molar-refractivity contribution in [3.05, 3.63) is 34.6 Å². The highest BCUT2D eigenvalue weighted by molar-refractivity contribution is 6.31. The first-order valence-electron chi connectivity index (χ1n) is 7.85. The maximum Gasteiger partial charge on any atom is 0.245 e. The van der Waals surface area contributed by atoms with Gasteiger partial charge in [0.15, 0.2) is 0 Å². The second kappa shape index (κ2) is 7.30. The summed E-state index contributed by atoms with van der Waals surface area (Å²) in [5, 5.41) is 0.270. The topological polar surface area (TPSA) is 40.6 Å². The van der Waals surface area contributed by atoms with Crippen molar-refractivity contribution in [2.75, 3.05) is 13.1 Å². The van der Waals surface area contributed by atoms with Crippen molar-refractivity contribution in [2.45, 2.75) is 39.8 Å². The first-order chi connectivity index (χ1) is 10.8. The Kier molecular flexibility index (Phi) is 5.63. The average molecular weight is 341 g/mol. The van der Waals surface area contributed by atoms with Gasteiger partial charge in [-0.15, -0.1) is 0 Å². The standard InChI is InChI=1S/C17H22ClFN2O2/c1-4-20-10-16(22)21(15(17(20)23)7-11(2)3)9-12-5-6-13(19)8-14(12)18/h5-6,8,11,15H,4,7,9-10H2,1-3H3/t15-/m0/s1. The third kappa shape index (κ3) is 4.02. The molecule has 1 aromatic rings. The van der Waals surface area contributed by atoms with E-state index in [2.05, 4.69) is 0 Å². The molecule has 4 nitrogen and oxygen atoms in total. The Morgan fingerprint density at radius 1 is 1.35 bits per heavy atom. The van der Waals surface area contributed by atoms with Crippen LogP contribution in [-0.2, 0) is 16.1 Å². The number of carbonyl (C=O) groups excluding carboxylic acids is 2. The molecule has 23 heavy (non-hydrogen) atoms.